The summed E-state index contributed by atoms with van der Waals surface area (Å²) >= 11 is 5.99. The van der Waals surface area contributed by atoms with Crippen LogP contribution in [0.5, 0.6) is 11.5 Å². The highest BCUT2D eigenvalue weighted by molar-refractivity contribution is 6.32. The predicted molar refractivity (Wildman–Crippen MR) is 109 cm³/mol. The molecule has 2 aromatic carbocycles. The zero-order valence-corrected chi connectivity index (χ0v) is 16.2. The van der Waals surface area contributed by atoms with Gasteiger partial charge >= 0.3 is 0 Å². The Morgan fingerprint density at radius 2 is 2.00 bits per heavy atom. The first-order valence-corrected chi connectivity index (χ1v) is 8.82. The van der Waals surface area contributed by atoms with Gasteiger partial charge in [0.25, 0.3) is 5.56 Å². The Morgan fingerprint density at radius 3 is 2.75 bits per heavy atom. The zero-order chi connectivity index (χ0) is 19.9. The molecule has 1 N–H and O–H groups in total. The van der Waals surface area contributed by atoms with Crippen LogP contribution in [0.3, 0.4) is 0 Å². The van der Waals surface area contributed by atoms with Crippen LogP contribution in [-0.2, 0) is 13.7 Å². The van der Waals surface area contributed by atoms with Crippen LogP contribution in [0.25, 0.3) is 0 Å². The molecule has 0 bridgehead atoms. The van der Waals surface area contributed by atoms with Crippen molar-refractivity contribution in [3.05, 3.63) is 81.2 Å². The van der Waals surface area contributed by atoms with Crippen molar-refractivity contribution in [1.29, 1.82) is 0 Å². The number of hydrogen-bond acceptors (Lipinski definition) is 6. The van der Waals surface area contributed by atoms with E-state index in [1.54, 1.807) is 19.4 Å². The number of hydrazone groups is 1. The maximum Gasteiger partial charge on any atom is 0.287 e. The monoisotopic (exact) mass is 398 g/mol. The third-order valence-corrected chi connectivity index (χ3v) is 4.27. The van der Waals surface area contributed by atoms with Crippen molar-refractivity contribution in [3.63, 3.8) is 0 Å². The van der Waals surface area contributed by atoms with Crippen molar-refractivity contribution in [2.75, 3.05) is 12.5 Å². The fraction of sp³-hybridized carbons (Fsp3) is 0.150. The zero-order valence-electron chi connectivity index (χ0n) is 15.4. The summed E-state index contributed by atoms with van der Waals surface area (Å²) in [6.45, 7) is 0.445. The minimum Gasteiger partial charge on any atom is -0.493 e. The number of ether oxygens (including phenoxy) is 2. The van der Waals surface area contributed by atoms with E-state index in [2.05, 4.69) is 15.6 Å². The maximum absolute atomic E-state index is 11.8. The number of methoxy groups -OCH3 is 1. The van der Waals surface area contributed by atoms with E-state index < -0.39 is 5.56 Å². The Labute approximate surface area is 167 Å². The summed E-state index contributed by atoms with van der Waals surface area (Å²) in [7, 11) is 3.10. The lowest BCUT2D eigenvalue weighted by Gasteiger charge is -2.11. The summed E-state index contributed by atoms with van der Waals surface area (Å²) in [5.41, 5.74) is 4.50. The summed E-state index contributed by atoms with van der Waals surface area (Å²) in [5, 5.41) is 8.02. The molecule has 0 spiro atoms. The van der Waals surface area contributed by atoms with Gasteiger partial charge in [-0.25, -0.2) is 4.68 Å². The molecule has 144 valence electrons. The second kappa shape index (κ2) is 9.05. The largest absolute Gasteiger partial charge is 0.493 e. The number of nitrogens with one attached hydrogen (secondary N) is 1. The molecule has 7 nitrogen and oxygen atoms in total. The Morgan fingerprint density at radius 1 is 1.21 bits per heavy atom. The lowest BCUT2D eigenvalue weighted by Crippen LogP contribution is -2.20. The molecule has 0 aliphatic heterocycles. The number of anilines is 1. The molecule has 0 radical (unpaired) electrons. The van der Waals surface area contributed by atoms with Gasteiger partial charge in [0.2, 0.25) is 0 Å². The van der Waals surface area contributed by atoms with Gasteiger partial charge in [-0.3, -0.25) is 10.2 Å². The van der Waals surface area contributed by atoms with Gasteiger partial charge in [0.05, 0.1) is 19.5 Å². The molecule has 8 heteroatoms. The molecule has 3 rings (SSSR count). The maximum atomic E-state index is 11.8. The van der Waals surface area contributed by atoms with Gasteiger partial charge < -0.3 is 9.47 Å². The standard InChI is InChI=1S/C20H19ClN4O3/c1-25-20(26)19(21)16(12-23-25)24-22-11-15-8-9-17(18(10-15)27-2)28-13-14-6-4-3-5-7-14/h3-12,24H,13H2,1-2H3/b22-11-. The first-order chi connectivity index (χ1) is 13.6. The highest BCUT2D eigenvalue weighted by Gasteiger charge is 2.07. The van der Waals surface area contributed by atoms with E-state index in [1.807, 2.05) is 42.5 Å². The molecule has 1 heterocycles. The Kier molecular flexibility index (Phi) is 6.29. The predicted octanol–water partition coefficient (Wildman–Crippen LogP) is 3.47. The SMILES string of the molecule is COc1cc(/C=N\Nc2cnn(C)c(=O)c2Cl)ccc1OCc1ccccc1. The normalized spacial score (nSPS) is 10.8. The second-order valence-electron chi connectivity index (χ2n) is 5.86. The van der Waals surface area contributed by atoms with Crippen LogP contribution in [0.1, 0.15) is 11.1 Å². The van der Waals surface area contributed by atoms with Gasteiger partial charge in [0, 0.05) is 7.05 Å². The van der Waals surface area contributed by atoms with Crippen molar-refractivity contribution in [2.24, 2.45) is 12.1 Å². The van der Waals surface area contributed by atoms with Crippen LogP contribution in [0.2, 0.25) is 5.02 Å². The smallest absolute Gasteiger partial charge is 0.287 e. The van der Waals surface area contributed by atoms with E-state index in [1.165, 1.54) is 13.2 Å². The topological polar surface area (TPSA) is 77.7 Å². The highest BCUT2D eigenvalue weighted by Crippen LogP contribution is 2.28. The summed E-state index contributed by atoms with van der Waals surface area (Å²) in [6.07, 6.45) is 3.01. The summed E-state index contributed by atoms with van der Waals surface area (Å²) in [5.74, 6) is 1.23. The van der Waals surface area contributed by atoms with Crippen LogP contribution in [0.15, 0.2) is 64.6 Å². The van der Waals surface area contributed by atoms with Gasteiger partial charge in [-0.15, -0.1) is 0 Å². The van der Waals surface area contributed by atoms with Crippen LogP contribution in [0, 0.1) is 0 Å². The molecule has 0 amide bonds. The number of benzene rings is 2. The number of hydrogen-bond donors (Lipinski definition) is 1. The molecule has 1 aromatic heterocycles. The summed E-state index contributed by atoms with van der Waals surface area (Å²) in [6, 6.07) is 15.3. The first-order valence-electron chi connectivity index (χ1n) is 8.44. The van der Waals surface area contributed by atoms with Gasteiger partial charge in [0.15, 0.2) is 11.5 Å². The lowest BCUT2D eigenvalue weighted by molar-refractivity contribution is 0.284. The van der Waals surface area contributed by atoms with E-state index in [4.69, 9.17) is 21.1 Å². The molecule has 3 aromatic rings. The molecule has 28 heavy (non-hydrogen) atoms. The van der Waals surface area contributed by atoms with Crippen LogP contribution < -0.4 is 20.5 Å². The first kappa shape index (κ1) is 19.4. The van der Waals surface area contributed by atoms with E-state index in [0.29, 0.717) is 23.8 Å². The number of halogens is 1. The van der Waals surface area contributed by atoms with Gasteiger partial charge in [0.1, 0.15) is 17.3 Å². The van der Waals surface area contributed by atoms with Crippen molar-refractivity contribution >= 4 is 23.5 Å². The highest BCUT2D eigenvalue weighted by atomic mass is 35.5. The summed E-state index contributed by atoms with van der Waals surface area (Å²) in [4.78, 5) is 11.8. The van der Waals surface area contributed by atoms with E-state index >= 15 is 0 Å². The molecule has 0 saturated carbocycles. The molecular formula is C20H19ClN4O3. The minimum absolute atomic E-state index is 0.0249. The molecule has 0 saturated heterocycles. The fourth-order valence-corrected chi connectivity index (χ4v) is 2.60. The fourth-order valence-electron chi connectivity index (χ4n) is 2.38. The molecule has 0 fully saturated rings. The van der Waals surface area contributed by atoms with E-state index in [-0.39, 0.29) is 5.02 Å². The van der Waals surface area contributed by atoms with Crippen molar-refractivity contribution in [1.82, 2.24) is 9.78 Å². The van der Waals surface area contributed by atoms with Gasteiger partial charge in [-0.1, -0.05) is 41.9 Å². The third kappa shape index (κ3) is 4.69. The van der Waals surface area contributed by atoms with Gasteiger partial charge in [-0.2, -0.15) is 10.2 Å². The van der Waals surface area contributed by atoms with Crippen molar-refractivity contribution < 1.29 is 9.47 Å². The number of nitrogens with zero attached hydrogens (tertiary/aromatic N) is 3. The van der Waals surface area contributed by atoms with Crippen molar-refractivity contribution in [2.45, 2.75) is 6.61 Å². The molecule has 0 atom stereocenters. The quantitative estimate of drug-likeness (QED) is 0.487. The Hall–Kier alpha value is -3.32. The van der Waals surface area contributed by atoms with E-state index in [0.717, 1.165) is 15.8 Å². The number of aromatic nitrogens is 2. The summed E-state index contributed by atoms with van der Waals surface area (Å²) < 4.78 is 12.4. The number of rotatable bonds is 7. The second-order valence-corrected chi connectivity index (χ2v) is 6.23. The van der Waals surface area contributed by atoms with Crippen LogP contribution >= 0.6 is 11.6 Å². The average molecular weight is 399 g/mol. The number of aryl methyl sites for hydroxylation is 1. The molecular weight excluding hydrogens is 380 g/mol. The average Bonchev–Trinajstić information content (AvgIpc) is 2.73. The van der Waals surface area contributed by atoms with Crippen LogP contribution in [-0.4, -0.2) is 23.1 Å². The molecule has 0 aliphatic rings. The van der Waals surface area contributed by atoms with Crippen molar-refractivity contribution in [3.8, 4) is 11.5 Å². The molecule has 0 unspecified atom stereocenters. The van der Waals surface area contributed by atoms with Gasteiger partial charge in [-0.05, 0) is 29.3 Å². The van der Waals surface area contributed by atoms with Crippen LogP contribution in [0.4, 0.5) is 5.69 Å². The minimum atomic E-state index is -0.400. The van der Waals surface area contributed by atoms with E-state index in [9.17, 15) is 4.79 Å². The third-order valence-electron chi connectivity index (χ3n) is 3.90. The Bertz CT molecular complexity index is 1040. The molecule has 0 aliphatic carbocycles. The Balaban J connectivity index is 1.68. The lowest BCUT2D eigenvalue weighted by atomic mass is 10.2.